The first-order valence-electron chi connectivity index (χ1n) is 6.15. The van der Waals surface area contributed by atoms with E-state index < -0.39 is 0 Å². The molecule has 5 heteroatoms. The number of methoxy groups -OCH3 is 1. The fraction of sp³-hybridized carbons (Fsp3) is 0.538. The third-order valence-electron chi connectivity index (χ3n) is 3.33. The molecule has 1 saturated heterocycles. The second kappa shape index (κ2) is 6.13. The highest BCUT2D eigenvalue weighted by Gasteiger charge is 2.24. The zero-order valence-corrected chi connectivity index (χ0v) is 10.5. The molecule has 0 aliphatic carbocycles. The van der Waals surface area contributed by atoms with E-state index in [2.05, 4.69) is 10.2 Å². The van der Waals surface area contributed by atoms with Crippen LogP contribution >= 0.6 is 0 Å². The van der Waals surface area contributed by atoms with Crippen LogP contribution in [0.2, 0.25) is 0 Å². The molecular weight excluding hydrogens is 235 g/mol. The van der Waals surface area contributed by atoms with Gasteiger partial charge in [0.25, 0.3) is 0 Å². The minimum absolute atomic E-state index is 0.0932. The van der Waals surface area contributed by atoms with Crippen LogP contribution in [0.25, 0.3) is 0 Å². The minimum Gasteiger partial charge on any atom is -0.497 e. The zero-order valence-electron chi connectivity index (χ0n) is 10.5. The van der Waals surface area contributed by atoms with Crippen molar-refractivity contribution in [2.75, 3.05) is 39.9 Å². The smallest absolute Gasteiger partial charge is 0.128 e. The van der Waals surface area contributed by atoms with Crippen LogP contribution in [0.1, 0.15) is 11.6 Å². The van der Waals surface area contributed by atoms with Crippen LogP contribution in [-0.2, 0) is 0 Å². The molecule has 1 aromatic rings. The van der Waals surface area contributed by atoms with Gasteiger partial charge in [-0.3, -0.25) is 4.90 Å². The van der Waals surface area contributed by atoms with Crippen molar-refractivity contribution in [1.82, 2.24) is 10.2 Å². The Morgan fingerprint density at radius 1 is 1.44 bits per heavy atom. The number of hydrogen-bond acceptors (Lipinski definition) is 4. The molecule has 100 valence electrons. The van der Waals surface area contributed by atoms with Crippen molar-refractivity contribution < 1.29 is 14.2 Å². The van der Waals surface area contributed by atoms with Gasteiger partial charge in [-0.25, -0.2) is 4.39 Å². The quantitative estimate of drug-likeness (QED) is 0.833. The van der Waals surface area contributed by atoms with Crippen LogP contribution in [-0.4, -0.2) is 49.9 Å². The van der Waals surface area contributed by atoms with Gasteiger partial charge in [0.05, 0.1) is 19.8 Å². The van der Waals surface area contributed by atoms with Crippen molar-refractivity contribution >= 4 is 0 Å². The lowest BCUT2D eigenvalue weighted by molar-refractivity contribution is 0.108. The Labute approximate surface area is 106 Å². The number of aliphatic hydroxyl groups excluding tert-OH is 1. The molecule has 1 aliphatic heterocycles. The summed E-state index contributed by atoms with van der Waals surface area (Å²) in [5.74, 6) is 0.313. The third kappa shape index (κ3) is 2.80. The van der Waals surface area contributed by atoms with Gasteiger partial charge in [0.15, 0.2) is 0 Å². The van der Waals surface area contributed by atoms with Crippen LogP contribution < -0.4 is 10.1 Å². The van der Waals surface area contributed by atoms with Crippen LogP contribution in [0, 0.1) is 5.82 Å². The number of nitrogens with one attached hydrogen (secondary N) is 1. The molecule has 0 saturated carbocycles. The summed E-state index contributed by atoms with van der Waals surface area (Å²) >= 11 is 0. The number of hydrogen-bond donors (Lipinski definition) is 2. The molecule has 2 N–H and O–H groups in total. The molecule has 0 aromatic heterocycles. The van der Waals surface area contributed by atoms with E-state index in [1.54, 1.807) is 19.2 Å². The molecule has 1 aliphatic rings. The first-order valence-corrected chi connectivity index (χ1v) is 6.15. The lowest BCUT2D eigenvalue weighted by Crippen LogP contribution is -2.46. The van der Waals surface area contributed by atoms with Gasteiger partial charge < -0.3 is 15.2 Å². The summed E-state index contributed by atoms with van der Waals surface area (Å²) in [7, 11) is 1.55. The van der Waals surface area contributed by atoms with E-state index in [0.717, 1.165) is 26.2 Å². The maximum atomic E-state index is 13.9. The van der Waals surface area contributed by atoms with Gasteiger partial charge in [-0.2, -0.15) is 0 Å². The van der Waals surface area contributed by atoms with Crippen molar-refractivity contribution in [3.05, 3.63) is 29.6 Å². The van der Waals surface area contributed by atoms with E-state index in [0.29, 0.717) is 11.3 Å². The summed E-state index contributed by atoms with van der Waals surface area (Å²) in [5.41, 5.74) is 0.499. The second-order valence-electron chi connectivity index (χ2n) is 4.37. The summed E-state index contributed by atoms with van der Waals surface area (Å²) in [5, 5.41) is 12.8. The van der Waals surface area contributed by atoms with Crippen molar-refractivity contribution in [2.24, 2.45) is 0 Å². The first kappa shape index (κ1) is 13.3. The van der Waals surface area contributed by atoms with E-state index in [9.17, 15) is 9.50 Å². The van der Waals surface area contributed by atoms with E-state index >= 15 is 0 Å². The molecule has 1 aromatic carbocycles. The maximum Gasteiger partial charge on any atom is 0.128 e. The van der Waals surface area contributed by atoms with Crippen molar-refractivity contribution in [2.45, 2.75) is 6.04 Å². The predicted octanol–water partition coefficient (Wildman–Crippen LogP) is 0.773. The summed E-state index contributed by atoms with van der Waals surface area (Å²) in [6.45, 7) is 3.25. The molecule has 1 fully saturated rings. The van der Waals surface area contributed by atoms with E-state index in [-0.39, 0.29) is 18.5 Å². The van der Waals surface area contributed by atoms with Gasteiger partial charge in [-0.15, -0.1) is 0 Å². The zero-order chi connectivity index (χ0) is 13.0. The normalized spacial score (nSPS) is 18.6. The molecule has 18 heavy (non-hydrogen) atoms. The summed E-state index contributed by atoms with van der Waals surface area (Å²) in [4.78, 5) is 2.09. The van der Waals surface area contributed by atoms with Crippen LogP contribution in [0.15, 0.2) is 18.2 Å². The highest BCUT2D eigenvalue weighted by molar-refractivity contribution is 5.32. The Hall–Kier alpha value is -1.17. The molecule has 0 radical (unpaired) electrons. The van der Waals surface area contributed by atoms with Gasteiger partial charge in [0, 0.05) is 31.7 Å². The van der Waals surface area contributed by atoms with Crippen LogP contribution in [0.5, 0.6) is 5.75 Å². The number of benzene rings is 1. The third-order valence-corrected chi connectivity index (χ3v) is 3.33. The molecule has 0 spiro atoms. The SMILES string of the molecule is COc1ccc(F)c([C@H](CO)N2CCNCC2)c1. The highest BCUT2D eigenvalue weighted by atomic mass is 19.1. The average molecular weight is 254 g/mol. The Balaban J connectivity index is 2.25. The lowest BCUT2D eigenvalue weighted by atomic mass is 10.0. The number of aliphatic hydroxyl groups is 1. The van der Waals surface area contributed by atoms with Crippen LogP contribution in [0.3, 0.4) is 0 Å². The average Bonchev–Trinajstić information content (AvgIpc) is 2.43. The summed E-state index contributed by atoms with van der Waals surface area (Å²) in [6.07, 6.45) is 0. The minimum atomic E-state index is -0.304. The maximum absolute atomic E-state index is 13.9. The number of piperazine rings is 1. The first-order chi connectivity index (χ1) is 8.76. The van der Waals surface area contributed by atoms with Gasteiger partial charge in [-0.05, 0) is 18.2 Å². The fourth-order valence-electron chi connectivity index (χ4n) is 2.31. The second-order valence-corrected chi connectivity index (χ2v) is 4.37. The molecular formula is C13H19FN2O2. The molecule has 2 rings (SSSR count). The molecule has 1 heterocycles. The number of rotatable bonds is 4. The van der Waals surface area contributed by atoms with E-state index in [1.165, 1.54) is 6.07 Å². The summed E-state index contributed by atoms with van der Waals surface area (Å²) < 4.78 is 19.0. The highest BCUT2D eigenvalue weighted by Crippen LogP contribution is 2.27. The lowest BCUT2D eigenvalue weighted by Gasteiger charge is -2.34. The number of nitrogens with zero attached hydrogens (tertiary/aromatic N) is 1. The van der Waals surface area contributed by atoms with E-state index in [1.807, 2.05) is 0 Å². The van der Waals surface area contributed by atoms with Crippen molar-refractivity contribution in [3.8, 4) is 5.75 Å². The fourth-order valence-corrected chi connectivity index (χ4v) is 2.31. The largest absolute Gasteiger partial charge is 0.497 e. The Bertz CT molecular complexity index is 395. The topological polar surface area (TPSA) is 44.7 Å². The Morgan fingerprint density at radius 3 is 2.78 bits per heavy atom. The number of ether oxygens (including phenoxy) is 1. The van der Waals surface area contributed by atoms with Crippen molar-refractivity contribution in [1.29, 1.82) is 0 Å². The standard InChI is InChI=1S/C13H19FN2O2/c1-18-10-2-3-12(14)11(8-10)13(9-17)16-6-4-15-5-7-16/h2-3,8,13,15,17H,4-7,9H2,1H3/t13-/m0/s1. The van der Waals surface area contributed by atoms with Crippen LogP contribution in [0.4, 0.5) is 4.39 Å². The van der Waals surface area contributed by atoms with Crippen molar-refractivity contribution in [3.63, 3.8) is 0 Å². The monoisotopic (exact) mass is 254 g/mol. The van der Waals surface area contributed by atoms with Gasteiger partial charge in [-0.1, -0.05) is 0 Å². The number of halogens is 1. The van der Waals surface area contributed by atoms with Gasteiger partial charge >= 0.3 is 0 Å². The Morgan fingerprint density at radius 2 is 2.17 bits per heavy atom. The molecule has 4 nitrogen and oxygen atoms in total. The molecule has 0 bridgehead atoms. The predicted molar refractivity (Wildman–Crippen MR) is 67.2 cm³/mol. The molecule has 0 amide bonds. The molecule has 0 unspecified atom stereocenters. The molecule has 1 atom stereocenters. The summed E-state index contributed by atoms with van der Waals surface area (Å²) in [6, 6.07) is 4.34. The van der Waals surface area contributed by atoms with Gasteiger partial charge in [0.2, 0.25) is 0 Å². The Kier molecular flexibility index (Phi) is 4.52. The van der Waals surface area contributed by atoms with E-state index in [4.69, 9.17) is 4.74 Å². The van der Waals surface area contributed by atoms with Gasteiger partial charge in [0.1, 0.15) is 11.6 Å².